The van der Waals surface area contributed by atoms with Crippen LogP contribution in [-0.4, -0.2) is 21.2 Å². The van der Waals surface area contributed by atoms with Crippen molar-refractivity contribution in [3.63, 3.8) is 0 Å². The molecule has 78 valence electrons. The van der Waals surface area contributed by atoms with Crippen LogP contribution in [-0.2, 0) is 4.79 Å². The highest BCUT2D eigenvalue weighted by Crippen LogP contribution is 2.27. The zero-order chi connectivity index (χ0) is 11.0. The van der Waals surface area contributed by atoms with Crippen LogP contribution in [0.3, 0.4) is 0 Å². The molecular formula is C11H11NO3. The summed E-state index contributed by atoms with van der Waals surface area (Å²) in [5, 5.41) is 19.1. The molecule has 0 radical (unpaired) electrons. The molecule has 1 unspecified atom stereocenters. The number of aliphatic hydroxyl groups excluding tert-OH is 1. The predicted molar refractivity (Wildman–Crippen MR) is 55.6 cm³/mol. The average molecular weight is 205 g/mol. The molecule has 0 saturated carbocycles. The minimum absolute atomic E-state index is 0.443. The Hall–Kier alpha value is -1.81. The first-order valence-corrected chi connectivity index (χ1v) is 4.59. The molecule has 0 fully saturated rings. The van der Waals surface area contributed by atoms with Gasteiger partial charge in [0.15, 0.2) is 6.10 Å². The maximum Gasteiger partial charge on any atom is 0.337 e. The van der Waals surface area contributed by atoms with Crippen LogP contribution in [0.2, 0.25) is 0 Å². The third kappa shape index (κ3) is 1.49. The van der Waals surface area contributed by atoms with Gasteiger partial charge < -0.3 is 15.2 Å². The lowest BCUT2D eigenvalue weighted by molar-refractivity contribution is -0.146. The fraction of sp³-hybridized carbons (Fsp3) is 0.182. The van der Waals surface area contributed by atoms with Gasteiger partial charge in [-0.3, -0.25) is 0 Å². The van der Waals surface area contributed by atoms with Gasteiger partial charge in [0.1, 0.15) is 0 Å². The van der Waals surface area contributed by atoms with Crippen molar-refractivity contribution < 1.29 is 15.0 Å². The van der Waals surface area contributed by atoms with Crippen molar-refractivity contribution in [2.24, 2.45) is 0 Å². The van der Waals surface area contributed by atoms with E-state index in [9.17, 15) is 9.90 Å². The molecule has 0 saturated heterocycles. The van der Waals surface area contributed by atoms with E-state index in [0.717, 1.165) is 10.9 Å². The van der Waals surface area contributed by atoms with Crippen molar-refractivity contribution >= 4 is 16.9 Å². The number of nitrogens with one attached hydrogen (secondary N) is 1. The normalized spacial score (nSPS) is 12.9. The molecule has 0 amide bonds. The largest absolute Gasteiger partial charge is 0.479 e. The van der Waals surface area contributed by atoms with E-state index in [4.69, 9.17) is 5.11 Å². The molecule has 1 heterocycles. The number of carboxylic acids is 1. The van der Waals surface area contributed by atoms with Crippen molar-refractivity contribution in [3.8, 4) is 0 Å². The number of benzene rings is 1. The second-order valence-corrected chi connectivity index (χ2v) is 3.45. The summed E-state index contributed by atoms with van der Waals surface area (Å²) in [5.74, 6) is -1.23. The fourth-order valence-electron chi connectivity index (χ4n) is 1.77. The van der Waals surface area contributed by atoms with Crippen LogP contribution in [0.5, 0.6) is 0 Å². The maximum absolute atomic E-state index is 10.7. The van der Waals surface area contributed by atoms with Crippen molar-refractivity contribution in [1.82, 2.24) is 4.98 Å². The Kier molecular flexibility index (Phi) is 2.21. The molecule has 15 heavy (non-hydrogen) atoms. The van der Waals surface area contributed by atoms with Crippen LogP contribution < -0.4 is 0 Å². The molecule has 1 atom stereocenters. The van der Waals surface area contributed by atoms with Crippen molar-refractivity contribution in [2.75, 3.05) is 0 Å². The lowest BCUT2D eigenvalue weighted by Gasteiger charge is -2.05. The van der Waals surface area contributed by atoms with Gasteiger partial charge in [-0.1, -0.05) is 18.2 Å². The number of hydrogen-bond acceptors (Lipinski definition) is 2. The van der Waals surface area contributed by atoms with Crippen molar-refractivity contribution in [1.29, 1.82) is 0 Å². The van der Waals surface area contributed by atoms with Gasteiger partial charge in [-0.2, -0.15) is 0 Å². The van der Waals surface area contributed by atoms with Gasteiger partial charge in [0, 0.05) is 22.2 Å². The fourth-order valence-corrected chi connectivity index (χ4v) is 1.77. The van der Waals surface area contributed by atoms with Crippen molar-refractivity contribution in [2.45, 2.75) is 13.0 Å². The number of aliphatic hydroxyl groups is 1. The van der Waals surface area contributed by atoms with E-state index in [1.165, 1.54) is 0 Å². The lowest BCUT2D eigenvalue weighted by Crippen LogP contribution is -2.11. The van der Waals surface area contributed by atoms with Gasteiger partial charge >= 0.3 is 5.97 Å². The zero-order valence-electron chi connectivity index (χ0n) is 8.19. The minimum Gasteiger partial charge on any atom is -0.479 e. The van der Waals surface area contributed by atoms with Crippen LogP contribution >= 0.6 is 0 Å². The van der Waals surface area contributed by atoms with Crippen LogP contribution in [0, 0.1) is 6.92 Å². The number of carbonyl (C=O) groups is 1. The number of aliphatic carboxylic acids is 1. The van der Waals surface area contributed by atoms with E-state index in [1.807, 2.05) is 18.2 Å². The second kappa shape index (κ2) is 3.40. The smallest absolute Gasteiger partial charge is 0.337 e. The molecule has 0 aliphatic rings. The summed E-state index contributed by atoms with van der Waals surface area (Å²) < 4.78 is 0. The van der Waals surface area contributed by atoms with Crippen molar-refractivity contribution in [3.05, 3.63) is 35.5 Å². The molecule has 0 aliphatic heterocycles. The van der Waals surface area contributed by atoms with Gasteiger partial charge in [-0.15, -0.1) is 0 Å². The summed E-state index contributed by atoms with van der Waals surface area (Å²) in [6.07, 6.45) is -1.47. The number of carboxylic acid groups (broad SMARTS) is 1. The van der Waals surface area contributed by atoms with Crippen LogP contribution in [0.4, 0.5) is 0 Å². The quantitative estimate of drug-likeness (QED) is 0.697. The lowest BCUT2D eigenvalue weighted by atomic mass is 10.1. The highest BCUT2D eigenvalue weighted by molar-refractivity contribution is 5.89. The number of H-pyrrole nitrogens is 1. The number of rotatable bonds is 2. The van der Waals surface area contributed by atoms with Crippen LogP contribution in [0.1, 0.15) is 17.4 Å². The molecular weight excluding hydrogens is 194 g/mol. The second-order valence-electron chi connectivity index (χ2n) is 3.45. The molecule has 0 bridgehead atoms. The zero-order valence-corrected chi connectivity index (χ0v) is 8.19. The van der Waals surface area contributed by atoms with E-state index < -0.39 is 12.1 Å². The summed E-state index contributed by atoms with van der Waals surface area (Å²) in [4.78, 5) is 13.8. The van der Waals surface area contributed by atoms with Crippen LogP contribution in [0.15, 0.2) is 24.3 Å². The molecule has 4 heteroatoms. The molecule has 0 spiro atoms. The molecule has 4 nitrogen and oxygen atoms in total. The first-order valence-electron chi connectivity index (χ1n) is 4.59. The van der Waals surface area contributed by atoms with E-state index in [2.05, 4.69) is 4.98 Å². The molecule has 1 aromatic carbocycles. The summed E-state index contributed by atoms with van der Waals surface area (Å²) in [7, 11) is 0. The predicted octanol–water partition coefficient (Wildman–Crippen LogP) is 1.59. The van der Waals surface area contributed by atoms with Gasteiger partial charge in [-0.05, 0) is 13.0 Å². The number of aromatic amines is 1. The van der Waals surface area contributed by atoms with Gasteiger partial charge in [-0.25, -0.2) is 4.79 Å². The number of aromatic nitrogens is 1. The monoisotopic (exact) mass is 205 g/mol. The Bertz CT molecular complexity index is 516. The molecule has 2 aromatic rings. The van der Waals surface area contributed by atoms with E-state index >= 15 is 0 Å². The van der Waals surface area contributed by atoms with E-state index in [-0.39, 0.29) is 0 Å². The number of hydrogen-bond donors (Lipinski definition) is 3. The van der Waals surface area contributed by atoms with Gasteiger partial charge in [0.25, 0.3) is 0 Å². The van der Waals surface area contributed by atoms with E-state index in [0.29, 0.717) is 11.3 Å². The third-order valence-electron chi connectivity index (χ3n) is 2.45. The third-order valence-corrected chi connectivity index (χ3v) is 2.45. The first kappa shape index (κ1) is 9.73. The molecule has 2 rings (SSSR count). The molecule has 0 aliphatic carbocycles. The summed E-state index contributed by atoms with van der Waals surface area (Å²) in [5.41, 5.74) is 1.97. The SMILES string of the molecule is Cc1[nH]c2ccccc2c1C(O)C(=O)O. The average Bonchev–Trinajstić information content (AvgIpc) is 2.52. The minimum atomic E-state index is -1.47. The highest BCUT2D eigenvalue weighted by atomic mass is 16.4. The van der Waals surface area contributed by atoms with E-state index in [1.54, 1.807) is 13.0 Å². The summed E-state index contributed by atoms with van der Waals surface area (Å²) in [6.45, 7) is 1.75. The number of aryl methyl sites for hydroxylation is 1. The standard InChI is InChI=1S/C11H11NO3/c1-6-9(10(13)11(14)15)7-4-2-3-5-8(7)12-6/h2-5,10,12-13H,1H3,(H,14,15). The summed E-state index contributed by atoms with van der Waals surface area (Å²) in [6, 6.07) is 7.31. The highest BCUT2D eigenvalue weighted by Gasteiger charge is 2.22. The van der Waals surface area contributed by atoms with Gasteiger partial charge in [0.2, 0.25) is 0 Å². The number of fused-ring (bicyclic) bond motifs is 1. The first-order chi connectivity index (χ1) is 7.11. The Balaban J connectivity index is 2.68. The summed E-state index contributed by atoms with van der Waals surface area (Å²) >= 11 is 0. The Morgan fingerprint density at radius 1 is 1.40 bits per heavy atom. The Morgan fingerprint density at radius 3 is 2.73 bits per heavy atom. The van der Waals surface area contributed by atoms with Crippen LogP contribution in [0.25, 0.3) is 10.9 Å². The molecule has 3 N–H and O–H groups in total. The Labute approximate surface area is 86.2 Å². The Morgan fingerprint density at radius 2 is 2.07 bits per heavy atom. The molecule has 1 aromatic heterocycles. The number of para-hydroxylation sites is 1. The topological polar surface area (TPSA) is 73.3 Å². The van der Waals surface area contributed by atoms with Gasteiger partial charge in [0.05, 0.1) is 0 Å². The maximum atomic E-state index is 10.7.